The Kier molecular flexibility index (Phi) is 6.08. The Hall–Kier alpha value is -2.77. The highest BCUT2D eigenvalue weighted by atomic mass is 35.5. The average Bonchev–Trinajstić information content (AvgIpc) is 2.89. The summed E-state index contributed by atoms with van der Waals surface area (Å²) in [6.07, 6.45) is 7.15. The fourth-order valence-electron chi connectivity index (χ4n) is 6.43. The van der Waals surface area contributed by atoms with E-state index in [0.29, 0.717) is 34.5 Å². The highest BCUT2D eigenvalue weighted by molar-refractivity contribution is 6.30. The number of carbonyl (C=O) groups excluding carboxylic acids is 2. The molecule has 1 aliphatic carbocycles. The molecule has 3 heterocycles. The van der Waals surface area contributed by atoms with Crippen molar-refractivity contribution in [3.05, 3.63) is 58.6 Å². The van der Waals surface area contributed by atoms with E-state index in [0.717, 1.165) is 31.7 Å². The molecule has 4 aliphatic rings. The van der Waals surface area contributed by atoms with Gasteiger partial charge in [0.15, 0.2) is 5.72 Å². The van der Waals surface area contributed by atoms with E-state index in [4.69, 9.17) is 16.3 Å². The van der Waals surface area contributed by atoms with Gasteiger partial charge in [0, 0.05) is 54.8 Å². The summed E-state index contributed by atoms with van der Waals surface area (Å²) in [5.41, 5.74) is 1.27. The quantitative estimate of drug-likeness (QED) is 0.619. The Balaban J connectivity index is 1.19. The maximum Gasteiger partial charge on any atom is 0.325 e. The Bertz CT molecular complexity index is 1180. The largest absolute Gasteiger partial charge is 0.467 e. The molecular formula is C28H33ClN4O3. The first kappa shape index (κ1) is 23.6. The van der Waals surface area contributed by atoms with Crippen molar-refractivity contribution in [2.24, 2.45) is 0 Å². The number of nitrogens with one attached hydrogen (secondary N) is 1. The van der Waals surface area contributed by atoms with Crippen LogP contribution in [0.3, 0.4) is 0 Å². The average molecular weight is 509 g/mol. The fraction of sp³-hybridized carbons (Fsp3) is 0.500. The molecule has 0 radical (unpaired) electrons. The zero-order chi connectivity index (χ0) is 24.9. The van der Waals surface area contributed by atoms with E-state index in [1.807, 2.05) is 48.2 Å². The van der Waals surface area contributed by atoms with Gasteiger partial charge in [-0.25, -0.2) is 4.79 Å². The second kappa shape index (κ2) is 9.27. The minimum Gasteiger partial charge on any atom is -0.467 e. The molecule has 1 N–H and O–H groups in total. The van der Waals surface area contributed by atoms with E-state index in [2.05, 4.69) is 10.2 Å². The molecule has 0 spiro atoms. The van der Waals surface area contributed by atoms with Crippen molar-refractivity contribution in [1.82, 2.24) is 15.1 Å². The van der Waals surface area contributed by atoms with Crippen LogP contribution in [0.15, 0.2) is 42.5 Å². The predicted octanol–water partition coefficient (Wildman–Crippen LogP) is 5.20. The van der Waals surface area contributed by atoms with E-state index in [1.165, 1.54) is 32.1 Å². The number of ether oxygens (including phenoxy) is 1. The first-order chi connectivity index (χ1) is 17.4. The normalized spacial score (nSPS) is 26.7. The summed E-state index contributed by atoms with van der Waals surface area (Å²) in [5.74, 6) is 0.733. The predicted molar refractivity (Wildman–Crippen MR) is 140 cm³/mol. The van der Waals surface area contributed by atoms with E-state index < -0.39 is 5.72 Å². The van der Waals surface area contributed by atoms with Gasteiger partial charge in [-0.15, -0.1) is 0 Å². The molecule has 0 unspecified atom stereocenters. The van der Waals surface area contributed by atoms with Crippen LogP contribution < -0.4 is 15.0 Å². The van der Waals surface area contributed by atoms with Gasteiger partial charge in [-0.1, -0.05) is 36.9 Å². The van der Waals surface area contributed by atoms with Gasteiger partial charge in [0.05, 0.1) is 11.7 Å². The molecule has 8 heteroatoms. The van der Waals surface area contributed by atoms with Gasteiger partial charge >= 0.3 is 6.03 Å². The number of fused-ring (bicyclic) bond motifs is 4. The second-order valence-electron chi connectivity index (χ2n) is 10.7. The number of rotatable bonds is 3. The van der Waals surface area contributed by atoms with Gasteiger partial charge in [-0.2, -0.15) is 0 Å². The lowest BCUT2D eigenvalue weighted by Crippen LogP contribution is -2.65. The van der Waals surface area contributed by atoms with Crippen molar-refractivity contribution < 1.29 is 14.3 Å². The fourth-order valence-corrected chi connectivity index (χ4v) is 6.61. The van der Waals surface area contributed by atoms with E-state index in [1.54, 1.807) is 11.0 Å². The molecule has 2 saturated heterocycles. The first-order valence-corrected chi connectivity index (χ1v) is 13.5. The van der Waals surface area contributed by atoms with Crippen LogP contribution in [0.5, 0.6) is 5.75 Å². The van der Waals surface area contributed by atoms with Crippen molar-refractivity contribution in [1.29, 1.82) is 0 Å². The lowest BCUT2D eigenvalue weighted by molar-refractivity contribution is 0.0377. The van der Waals surface area contributed by atoms with Crippen LogP contribution in [0.1, 0.15) is 67.4 Å². The SMILES string of the molecule is C[C@@]12C[C@@H](NC(=O)N1c1cccc(C(=O)N3CCN(C4CCCCC4)CC3)c1)c1cc(Cl)ccc1O2. The molecule has 3 amide bonds. The number of benzene rings is 2. The van der Waals surface area contributed by atoms with E-state index in [9.17, 15) is 9.59 Å². The summed E-state index contributed by atoms with van der Waals surface area (Å²) in [6, 6.07) is 13.1. The Morgan fingerprint density at radius 2 is 1.83 bits per heavy atom. The highest BCUT2D eigenvalue weighted by Crippen LogP contribution is 2.46. The van der Waals surface area contributed by atoms with Crippen molar-refractivity contribution in [3.63, 3.8) is 0 Å². The number of nitrogens with zero attached hydrogens (tertiary/aromatic N) is 3. The maximum absolute atomic E-state index is 13.4. The molecule has 1 saturated carbocycles. The van der Waals surface area contributed by atoms with Crippen molar-refractivity contribution >= 4 is 29.2 Å². The van der Waals surface area contributed by atoms with Crippen LogP contribution in [-0.4, -0.2) is 59.7 Å². The van der Waals surface area contributed by atoms with Crippen LogP contribution in [0.4, 0.5) is 10.5 Å². The Morgan fingerprint density at radius 3 is 2.61 bits per heavy atom. The molecule has 190 valence electrons. The molecule has 2 aromatic rings. The number of halogens is 1. The second-order valence-corrected chi connectivity index (χ2v) is 11.1. The van der Waals surface area contributed by atoms with Gasteiger partial charge in [0.2, 0.25) is 0 Å². The number of anilines is 1. The third-order valence-corrected chi connectivity index (χ3v) is 8.51. The summed E-state index contributed by atoms with van der Waals surface area (Å²) >= 11 is 6.19. The van der Waals surface area contributed by atoms with Gasteiger partial charge in [0.25, 0.3) is 5.91 Å². The van der Waals surface area contributed by atoms with Gasteiger partial charge in [-0.05, 0) is 56.2 Å². The molecule has 2 atom stereocenters. The standard InChI is InChI=1S/C28H33ClN4O3/c1-28-18-24(23-17-20(29)10-11-25(23)36-28)30-27(35)33(28)22-9-5-6-19(16-22)26(34)32-14-12-31(13-15-32)21-7-3-2-4-8-21/h5-6,9-11,16-17,21,24H,2-4,7-8,12-15,18H2,1H3,(H,30,35)/t24-,28-/m1/s1. The minimum atomic E-state index is -0.874. The van der Waals surface area contributed by atoms with Crippen molar-refractivity contribution in [2.45, 2.75) is 63.3 Å². The van der Waals surface area contributed by atoms with Gasteiger partial charge in [0.1, 0.15) is 5.75 Å². The van der Waals surface area contributed by atoms with E-state index >= 15 is 0 Å². The van der Waals surface area contributed by atoms with Gasteiger partial charge < -0.3 is 15.0 Å². The third kappa shape index (κ3) is 4.22. The minimum absolute atomic E-state index is 0.0186. The smallest absolute Gasteiger partial charge is 0.325 e. The van der Waals surface area contributed by atoms with Crippen LogP contribution in [-0.2, 0) is 0 Å². The molecule has 2 bridgehead atoms. The summed E-state index contributed by atoms with van der Waals surface area (Å²) in [7, 11) is 0. The lowest BCUT2D eigenvalue weighted by atomic mass is 9.90. The molecule has 0 aromatic heterocycles. The van der Waals surface area contributed by atoms with Crippen LogP contribution in [0.25, 0.3) is 0 Å². The maximum atomic E-state index is 13.4. The number of urea groups is 1. The summed E-state index contributed by atoms with van der Waals surface area (Å²) in [6.45, 7) is 5.27. The number of amides is 3. The monoisotopic (exact) mass is 508 g/mol. The van der Waals surface area contributed by atoms with Crippen LogP contribution in [0, 0.1) is 0 Å². The topological polar surface area (TPSA) is 65.1 Å². The zero-order valence-corrected chi connectivity index (χ0v) is 21.5. The van der Waals surface area contributed by atoms with Crippen molar-refractivity contribution in [3.8, 4) is 5.75 Å². The first-order valence-electron chi connectivity index (χ1n) is 13.1. The van der Waals surface area contributed by atoms with Crippen LogP contribution in [0.2, 0.25) is 5.02 Å². The number of piperazine rings is 1. The molecular weight excluding hydrogens is 476 g/mol. The molecule has 36 heavy (non-hydrogen) atoms. The summed E-state index contributed by atoms with van der Waals surface area (Å²) in [5, 5.41) is 3.71. The molecule has 2 aromatic carbocycles. The number of hydrogen-bond donors (Lipinski definition) is 1. The third-order valence-electron chi connectivity index (χ3n) is 8.28. The van der Waals surface area contributed by atoms with Crippen LogP contribution >= 0.6 is 11.6 Å². The summed E-state index contributed by atoms with van der Waals surface area (Å²) in [4.78, 5) is 32.9. The Morgan fingerprint density at radius 1 is 1.06 bits per heavy atom. The van der Waals surface area contributed by atoms with Crippen molar-refractivity contribution in [2.75, 3.05) is 31.1 Å². The van der Waals surface area contributed by atoms with E-state index in [-0.39, 0.29) is 18.0 Å². The Labute approximate surface area is 217 Å². The molecule has 6 rings (SSSR count). The lowest BCUT2D eigenvalue weighted by Gasteiger charge is -2.50. The number of hydrogen-bond acceptors (Lipinski definition) is 4. The molecule has 3 aliphatic heterocycles. The number of carbonyl (C=O) groups is 2. The molecule has 7 nitrogen and oxygen atoms in total. The van der Waals surface area contributed by atoms with Gasteiger partial charge in [-0.3, -0.25) is 14.6 Å². The highest BCUT2D eigenvalue weighted by Gasteiger charge is 2.50. The molecule has 3 fully saturated rings. The zero-order valence-electron chi connectivity index (χ0n) is 20.7. The summed E-state index contributed by atoms with van der Waals surface area (Å²) < 4.78 is 6.37.